The van der Waals surface area contributed by atoms with E-state index in [2.05, 4.69) is 10.2 Å². The third-order valence-electron chi connectivity index (χ3n) is 3.18. The SMILES string of the molecule is COc1ccc(-c2n[nH]c(=O)c(C)c2C)cc1OC. The minimum Gasteiger partial charge on any atom is -0.493 e. The molecule has 0 bridgehead atoms. The van der Waals surface area contributed by atoms with Crippen LogP contribution in [0.2, 0.25) is 0 Å². The van der Waals surface area contributed by atoms with Crippen molar-refractivity contribution in [3.8, 4) is 22.8 Å². The first-order valence-electron chi connectivity index (χ1n) is 5.86. The number of rotatable bonds is 3. The van der Waals surface area contributed by atoms with Gasteiger partial charge in [0.25, 0.3) is 5.56 Å². The van der Waals surface area contributed by atoms with Crippen molar-refractivity contribution in [1.29, 1.82) is 0 Å². The molecule has 0 aliphatic carbocycles. The molecule has 0 aliphatic heterocycles. The molecule has 1 aromatic heterocycles. The smallest absolute Gasteiger partial charge is 0.267 e. The summed E-state index contributed by atoms with van der Waals surface area (Å²) in [5.41, 5.74) is 2.96. The number of methoxy groups -OCH3 is 2. The number of aromatic nitrogens is 2. The van der Waals surface area contributed by atoms with E-state index in [1.165, 1.54) is 0 Å². The van der Waals surface area contributed by atoms with Crippen LogP contribution in [0.4, 0.5) is 0 Å². The molecule has 0 radical (unpaired) electrons. The van der Waals surface area contributed by atoms with E-state index in [0.717, 1.165) is 16.8 Å². The van der Waals surface area contributed by atoms with Crippen molar-refractivity contribution in [3.05, 3.63) is 39.7 Å². The third kappa shape index (κ3) is 2.31. The van der Waals surface area contributed by atoms with Crippen LogP contribution >= 0.6 is 0 Å². The molecule has 2 rings (SSSR count). The van der Waals surface area contributed by atoms with Crippen LogP contribution in [0, 0.1) is 13.8 Å². The maximum absolute atomic E-state index is 11.5. The Hall–Kier alpha value is -2.30. The van der Waals surface area contributed by atoms with Crippen LogP contribution < -0.4 is 15.0 Å². The molecular weight excluding hydrogens is 244 g/mol. The van der Waals surface area contributed by atoms with Crippen molar-refractivity contribution in [1.82, 2.24) is 10.2 Å². The lowest BCUT2D eigenvalue weighted by atomic mass is 10.0. The highest BCUT2D eigenvalue weighted by molar-refractivity contribution is 5.67. The van der Waals surface area contributed by atoms with Crippen molar-refractivity contribution in [2.24, 2.45) is 0 Å². The standard InChI is InChI=1S/C14H16N2O3/c1-8-9(2)14(17)16-15-13(8)10-5-6-11(18-3)12(7-10)19-4/h5-7H,1-4H3,(H,16,17). The molecule has 19 heavy (non-hydrogen) atoms. The van der Waals surface area contributed by atoms with Crippen molar-refractivity contribution < 1.29 is 9.47 Å². The van der Waals surface area contributed by atoms with Gasteiger partial charge in [-0.25, -0.2) is 5.10 Å². The summed E-state index contributed by atoms with van der Waals surface area (Å²) in [6.07, 6.45) is 0. The highest BCUT2D eigenvalue weighted by Crippen LogP contribution is 2.32. The average molecular weight is 260 g/mol. The molecule has 0 unspecified atom stereocenters. The van der Waals surface area contributed by atoms with Crippen LogP contribution in [0.15, 0.2) is 23.0 Å². The molecule has 0 spiro atoms. The number of nitrogens with zero attached hydrogens (tertiary/aromatic N) is 1. The van der Waals surface area contributed by atoms with Gasteiger partial charge in [-0.2, -0.15) is 5.10 Å². The molecule has 0 amide bonds. The first-order chi connectivity index (χ1) is 9.08. The van der Waals surface area contributed by atoms with E-state index in [0.29, 0.717) is 17.1 Å². The summed E-state index contributed by atoms with van der Waals surface area (Å²) in [4.78, 5) is 11.5. The lowest BCUT2D eigenvalue weighted by Crippen LogP contribution is -2.14. The molecule has 0 saturated heterocycles. The predicted octanol–water partition coefficient (Wildman–Crippen LogP) is 2.07. The first kappa shape index (κ1) is 13.1. The highest BCUT2D eigenvalue weighted by Gasteiger charge is 2.11. The maximum atomic E-state index is 11.5. The number of ether oxygens (including phenoxy) is 2. The van der Waals surface area contributed by atoms with Gasteiger partial charge < -0.3 is 9.47 Å². The quantitative estimate of drug-likeness (QED) is 0.917. The van der Waals surface area contributed by atoms with Gasteiger partial charge in [0.15, 0.2) is 11.5 Å². The summed E-state index contributed by atoms with van der Waals surface area (Å²) in [7, 11) is 3.17. The van der Waals surface area contributed by atoms with Crippen molar-refractivity contribution in [2.75, 3.05) is 14.2 Å². The number of hydrogen-bond acceptors (Lipinski definition) is 4. The number of hydrogen-bond donors (Lipinski definition) is 1. The van der Waals surface area contributed by atoms with E-state index in [9.17, 15) is 4.79 Å². The van der Waals surface area contributed by atoms with Crippen molar-refractivity contribution in [3.63, 3.8) is 0 Å². The van der Waals surface area contributed by atoms with Gasteiger partial charge in [-0.05, 0) is 37.6 Å². The van der Waals surface area contributed by atoms with Gasteiger partial charge in [-0.1, -0.05) is 0 Å². The summed E-state index contributed by atoms with van der Waals surface area (Å²) in [6, 6.07) is 5.54. The Morgan fingerprint density at radius 1 is 1.05 bits per heavy atom. The zero-order valence-corrected chi connectivity index (χ0v) is 11.4. The Bertz CT molecular complexity index is 662. The van der Waals surface area contributed by atoms with Crippen LogP contribution in [0.5, 0.6) is 11.5 Å². The van der Waals surface area contributed by atoms with E-state index in [4.69, 9.17) is 9.47 Å². The van der Waals surface area contributed by atoms with Crippen LogP contribution in [-0.2, 0) is 0 Å². The van der Waals surface area contributed by atoms with E-state index in [1.54, 1.807) is 21.1 Å². The Kier molecular flexibility index (Phi) is 3.55. The number of nitrogens with one attached hydrogen (secondary N) is 1. The molecule has 0 fully saturated rings. The van der Waals surface area contributed by atoms with Crippen molar-refractivity contribution >= 4 is 0 Å². The monoisotopic (exact) mass is 260 g/mol. The number of H-pyrrole nitrogens is 1. The molecule has 1 aromatic carbocycles. The van der Waals surface area contributed by atoms with Crippen LogP contribution in [0.25, 0.3) is 11.3 Å². The van der Waals surface area contributed by atoms with Gasteiger partial charge in [-0.3, -0.25) is 4.79 Å². The lowest BCUT2D eigenvalue weighted by molar-refractivity contribution is 0.355. The molecule has 100 valence electrons. The van der Waals surface area contributed by atoms with E-state index in [1.807, 2.05) is 25.1 Å². The molecule has 0 aliphatic rings. The zero-order valence-electron chi connectivity index (χ0n) is 11.4. The van der Waals surface area contributed by atoms with Gasteiger partial charge in [0.1, 0.15) is 0 Å². The molecular formula is C14H16N2O3. The maximum Gasteiger partial charge on any atom is 0.267 e. The summed E-state index contributed by atoms with van der Waals surface area (Å²) in [5, 5.41) is 6.60. The van der Waals surface area contributed by atoms with Gasteiger partial charge in [0.2, 0.25) is 0 Å². The average Bonchev–Trinajstić information content (AvgIpc) is 2.44. The molecule has 1 N–H and O–H groups in total. The van der Waals surface area contributed by atoms with Crippen LogP contribution in [-0.4, -0.2) is 24.4 Å². The fraction of sp³-hybridized carbons (Fsp3) is 0.286. The fourth-order valence-corrected chi connectivity index (χ4v) is 1.89. The predicted molar refractivity (Wildman–Crippen MR) is 72.9 cm³/mol. The van der Waals surface area contributed by atoms with Gasteiger partial charge in [-0.15, -0.1) is 0 Å². The summed E-state index contributed by atoms with van der Waals surface area (Å²) >= 11 is 0. The third-order valence-corrected chi connectivity index (χ3v) is 3.18. The lowest BCUT2D eigenvalue weighted by Gasteiger charge is -2.11. The van der Waals surface area contributed by atoms with Crippen LogP contribution in [0.3, 0.4) is 0 Å². The second-order valence-corrected chi connectivity index (χ2v) is 4.22. The summed E-state index contributed by atoms with van der Waals surface area (Å²) < 4.78 is 10.5. The summed E-state index contributed by atoms with van der Waals surface area (Å²) in [5.74, 6) is 1.29. The minimum atomic E-state index is -0.165. The number of benzene rings is 1. The van der Waals surface area contributed by atoms with Crippen LogP contribution in [0.1, 0.15) is 11.1 Å². The number of aromatic amines is 1. The Morgan fingerprint density at radius 2 is 1.74 bits per heavy atom. The minimum absolute atomic E-state index is 0.165. The topological polar surface area (TPSA) is 64.2 Å². The molecule has 5 nitrogen and oxygen atoms in total. The highest BCUT2D eigenvalue weighted by atomic mass is 16.5. The fourth-order valence-electron chi connectivity index (χ4n) is 1.89. The normalized spacial score (nSPS) is 10.3. The molecule has 5 heteroatoms. The first-order valence-corrected chi connectivity index (χ1v) is 5.86. The molecule has 0 atom stereocenters. The Labute approximate surface area is 111 Å². The zero-order chi connectivity index (χ0) is 14.0. The second-order valence-electron chi connectivity index (χ2n) is 4.22. The Balaban J connectivity index is 2.60. The second kappa shape index (κ2) is 5.14. The van der Waals surface area contributed by atoms with E-state index < -0.39 is 0 Å². The van der Waals surface area contributed by atoms with Gasteiger partial charge in [0, 0.05) is 11.1 Å². The van der Waals surface area contributed by atoms with Gasteiger partial charge in [0.05, 0.1) is 19.9 Å². The largest absolute Gasteiger partial charge is 0.493 e. The summed E-state index contributed by atoms with van der Waals surface area (Å²) in [6.45, 7) is 3.66. The van der Waals surface area contributed by atoms with E-state index in [-0.39, 0.29) is 5.56 Å². The van der Waals surface area contributed by atoms with Crippen molar-refractivity contribution in [2.45, 2.75) is 13.8 Å². The molecule has 1 heterocycles. The Morgan fingerprint density at radius 3 is 2.37 bits per heavy atom. The molecule has 2 aromatic rings. The van der Waals surface area contributed by atoms with E-state index >= 15 is 0 Å². The van der Waals surface area contributed by atoms with Gasteiger partial charge >= 0.3 is 0 Å². The molecule has 0 saturated carbocycles.